The highest BCUT2D eigenvalue weighted by atomic mass is 16.5. The molecule has 2 rings (SSSR count). The van der Waals surface area contributed by atoms with E-state index in [0.717, 1.165) is 26.3 Å². The van der Waals surface area contributed by atoms with Gasteiger partial charge in [0.25, 0.3) is 0 Å². The molecule has 0 aliphatic carbocycles. The van der Waals surface area contributed by atoms with Gasteiger partial charge in [-0.15, -0.1) is 0 Å². The Kier molecular flexibility index (Phi) is 4.11. The fourth-order valence-electron chi connectivity index (χ4n) is 3.19. The summed E-state index contributed by atoms with van der Waals surface area (Å²) in [6.07, 6.45) is 2.56. The van der Waals surface area contributed by atoms with Gasteiger partial charge in [-0.05, 0) is 31.3 Å². The fraction of sp³-hybridized carbons (Fsp3) is 1.00. The molecule has 0 amide bonds. The van der Waals surface area contributed by atoms with E-state index in [1.54, 1.807) is 0 Å². The van der Waals surface area contributed by atoms with E-state index in [-0.39, 0.29) is 0 Å². The van der Waals surface area contributed by atoms with E-state index in [1.165, 1.54) is 32.5 Å². The molecule has 0 spiro atoms. The van der Waals surface area contributed by atoms with Crippen molar-refractivity contribution in [2.45, 2.75) is 33.6 Å². The zero-order chi connectivity index (χ0) is 12.4. The SMILES string of the molecule is CCNCC1(CN2CCC(C)(C)C2)CCOC1. The zero-order valence-corrected chi connectivity index (χ0v) is 11.7. The number of nitrogens with one attached hydrogen (secondary N) is 1. The highest BCUT2D eigenvalue weighted by Gasteiger charge is 2.39. The van der Waals surface area contributed by atoms with Crippen molar-refractivity contribution in [3.8, 4) is 0 Å². The molecular weight excluding hydrogens is 212 g/mol. The molecular formula is C14H28N2O. The molecule has 0 aromatic heterocycles. The molecule has 2 fully saturated rings. The molecule has 2 aliphatic heterocycles. The van der Waals surface area contributed by atoms with Gasteiger partial charge in [-0.25, -0.2) is 0 Å². The molecule has 0 bridgehead atoms. The Morgan fingerprint density at radius 1 is 1.29 bits per heavy atom. The van der Waals surface area contributed by atoms with Crippen molar-refractivity contribution in [1.29, 1.82) is 0 Å². The van der Waals surface area contributed by atoms with Gasteiger partial charge in [0.2, 0.25) is 0 Å². The lowest BCUT2D eigenvalue weighted by Crippen LogP contribution is -2.44. The van der Waals surface area contributed by atoms with Crippen LogP contribution >= 0.6 is 0 Å². The van der Waals surface area contributed by atoms with E-state index in [2.05, 4.69) is 31.0 Å². The second kappa shape index (κ2) is 5.25. The van der Waals surface area contributed by atoms with E-state index >= 15 is 0 Å². The minimum Gasteiger partial charge on any atom is -0.381 e. The summed E-state index contributed by atoms with van der Waals surface area (Å²) < 4.78 is 5.65. The van der Waals surface area contributed by atoms with Crippen molar-refractivity contribution < 1.29 is 4.74 Å². The first-order chi connectivity index (χ1) is 8.05. The Balaban J connectivity index is 1.89. The standard InChI is InChI=1S/C14H28N2O/c1-4-15-9-14(6-8-17-12-14)11-16-7-5-13(2,3)10-16/h15H,4-12H2,1-3H3. The van der Waals surface area contributed by atoms with E-state index in [1.807, 2.05) is 0 Å². The molecule has 1 unspecified atom stereocenters. The average molecular weight is 240 g/mol. The topological polar surface area (TPSA) is 24.5 Å². The van der Waals surface area contributed by atoms with Crippen LogP contribution in [0.1, 0.15) is 33.6 Å². The third-order valence-corrected chi connectivity index (χ3v) is 4.25. The van der Waals surface area contributed by atoms with E-state index in [4.69, 9.17) is 4.74 Å². The molecule has 3 nitrogen and oxygen atoms in total. The quantitative estimate of drug-likeness (QED) is 0.792. The summed E-state index contributed by atoms with van der Waals surface area (Å²) in [6, 6.07) is 0. The molecule has 1 N–H and O–H groups in total. The normalized spacial score (nSPS) is 33.4. The predicted molar refractivity (Wildman–Crippen MR) is 71.3 cm³/mol. The number of rotatable bonds is 5. The third kappa shape index (κ3) is 3.43. The van der Waals surface area contributed by atoms with Gasteiger partial charge >= 0.3 is 0 Å². The second-order valence-corrected chi connectivity index (χ2v) is 6.71. The van der Waals surface area contributed by atoms with Gasteiger partial charge in [0.15, 0.2) is 0 Å². The summed E-state index contributed by atoms with van der Waals surface area (Å²) in [7, 11) is 0. The molecule has 0 aromatic rings. The maximum absolute atomic E-state index is 5.65. The summed E-state index contributed by atoms with van der Waals surface area (Å²) in [4.78, 5) is 2.64. The van der Waals surface area contributed by atoms with Crippen LogP contribution in [0.5, 0.6) is 0 Å². The highest BCUT2D eigenvalue weighted by Crippen LogP contribution is 2.34. The largest absolute Gasteiger partial charge is 0.381 e. The number of hydrogen-bond acceptors (Lipinski definition) is 3. The van der Waals surface area contributed by atoms with E-state index in [9.17, 15) is 0 Å². The van der Waals surface area contributed by atoms with Gasteiger partial charge in [0.05, 0.1) is 6.61 Å². The predicted octanol–water partition coefficient (Wildman–Crippen LogP) is 1.73. The minimum absolute atomic E-state index is 0.371. The van der Waals surface area contributed by atoms with Crippen LogP contribution in [-0.4, -0.2) is 50.8 Å². The molecule has 0 saturated carbocycles. The first kappa shape index (κ1) is 13.3. The van der Waals surface area contributed by atoms with Crippen LogP contribution in [0.3, 0.4) is 0 Å². The summed E-state index contributed by atoms with van der Waals surface area (Å²) in [5.74, 6) is 0. The highest BCUT2D eigenvalue weighted by molar-refractivity contribution is 4.92. The van der Waals surface area contributed by atoms with Crippen LogP contribution in [0.2, 0.25) is 0 Å². The van der Waals surface area contributed by atoms with Gasteiger partial charge < -0.3 is 15.0 Å². The van der Waals surface area contributed by atoms with Gasteiger partial charge in [0.1, 0.15) is 0 Å². The van der Waals surface area contributed by atoms with Crippen molar-refractivity contribution >= 4 is 0 Å². The van der Waals surface area contributed by atoms with Crippen LogP contribution in [0, 0.1) is 10.8 Å². The monoisotopic (exact) mass is 240 g/mol. The van der Waals surface area contributed by atoms with Crippen molar-refractivity contribution in [3.63, 3.8) is 0 Å². The number of hydrogen-bond donors (Lipinski definition) is 1. The number of ether oxygens (including phenoxy) is 1. The van der Waals surface area contributed by atoms with Crippen molar-refractivity contribution in [2.24, 2.45) is 10.8 Å². The summed E-state index contributed by atoms with van der Waals surface area (Å²) >= 11 is 0. The molecule has 3 heteroatoms. The lowest BCUT2D eigenvalue weighted by molar-refractivity contribution is 0.115. The lowest BCUT2D eigenvalue weighted by atomic mass is 9.86. The number of nitrogens with zero attached hydrogens (tertiary/aromatic N) is 1. The first-order valence-electron chi connectivity index (χ1n) is 7.06. The number of likely N-dealkylation sites (tertiary alicyclic amines) is 1. The molecule has 2 aliphatic rings. The molecule has 17 heavy (non-hydrogen) atoms. The molecule has 100 valence electrons. The molecule has 2 heterocycles. The van der Waals surface area contributed by atoms with Crippen molar-refractivity contribution in [2.75, 3.05) is 45.9 Å². The average Bonchev–Trinajstić information content (AvgIpc) is 2.84. The Hall–Kier alpha value is -0.120. The maximum atomic E-state index is 5.65. The molecule has 1 atom stereocenters. The van der Waals surface area contributed by atoms with Crippen LogP contribution in [0.15, 0.2) is 0 Å². The summed E-state index contributed by atoms with van der Waals surface area (Å²) in [6.45, 7) is 14.7. The van der Waals surface area contributed by atoms with Gasteiger partial charge in [-0.1, -0.05) is 20.8 Å². The zero-order valence-electron chi connectivity index (χ0n) is 11.7. The van der Waals surface area contributed by atoms with Crippen LogP contribution < -0.4 is 5.32 Å². The minimum atomic E-state index is 0.371. The second-order valence-electron chi connectivity index (χ2n) is 6.71. The van der Waals surface area contributed by atoms with Gasteiger partial charge in [-0.2, -0.15) is 0 Å². The summed E-state index contributed by atoms with van der Waals surface area (Å²) in [5, 5.41) is 3.52. The molecule has 0 aromatic carbocycles. The molecule has 0 radical (unpaired) electrons. The smallest absolute Gasteiger partial charge is 0.0547 e. The van der Waals surface area contributed by atoms with E-state index in [0.29, 0.717) is 10.8 Å². The van der Waals surface area contributed by atoms with Crippen molar-refractivity contribution in [1.82, 2.24) is 10.2 Å². The van der Waals surface area contributed by atoms with Crippen LogP contribution in [0.4, 0.5) is 0 Å². The Morgan fingerprint density at radius 3 is 2.65 bits per heavy atom. The summed E-state index contributed by atoms with van der Waals surface area (Å²) in [5.41, 5.74) is 0.884. The van der Waals surface area contributed by atoms with Crippen molar-refractivity contribution in [3.05, 3.63) is 0 Å². The van der Waals surface area contributed by atoms with Gasteiger partial charge in [-0.3, -0.25) is 0 Å². The maximum Gasteiger partial charge on any atom is 0.0547 e. The Morgan fingerprint density at radius 2 is 2.12 bits per heavy atom. The first-order valence-corrected chi connectivity index (χ1v) is 7.06. The Labute approximate surface area is 106 Å². The van der Waals surface area contributed by atoms with Crippen LogP contribution in [-0.2, 0) is 4.74 Å². The third-order valence-electron chi connectivity index (χ3n) is 4.25. The van der Waals surface area contributed by atoms with E-state index < -0.39 is 0 Å². The van der Waals surface area contributed by atoms with Gasteiger partial charge in [0, 0.05) is 31.7 Å². The fourth-order valence-corrected chi connectivity index (χ4v) is 3.19. The molecule has 2 saturated heterocycles. The lowest BCUT2D eigenvalue weighted by Gasteiger charge is -2.33. The Bertz CT molecular complexity index is 247. The van der Waals surface area contributed by atoms with Crippen LogP contribution in [0.25, 0.3) is 0 Å².